The maximum atomic E-state index is 6.72. The molecule has 0 fully saturated rings. The first-order valence-corrected chi connectivity index (χ1v) is 23.3. The molecule has 320 valence electrons. The number of rotatable bonds is 5. The van der Waals surface area contributed by atoms with Gasteiger partial charge in [-0.3, -0.25) is 0 Å². The van der Waals surface area contributed by atoms with Crippen molar-refractivity contribution in [2.24, 2.45) is 0 Å². The van der Waals surface area contributed by atoms with Gasteiger partial charge in [0, 0.05) is 60.4 Å². The number of para-hydroxylation sites is 2. The minimum atomic E-state index is 0.575. The number of fused-ring (bicyclic) bond motifs is 13. The second kappa shape index (κ2) is 14.6. The van der Waals surface area contributed by atoms with Crippen LogP contribution in [-0.2, 0) is 0 Å². The van der Waals surface area contributed by atoms with Gasteiger partial charge in [0.1, 0.15) is 11.2 Å². The molecule has 15 aromatic rings. The van der Waals surface area contributed by atoms with E-state index in [-0.39, 0.29) is 0 Å². The normalized spacial score (nSPS) is 12.1. The lowest BCUT2D eigenvalue weighted by Gasteiger charge is -2.11. The summed E-state index contributed by atoms with van der Waals surface area (Å²) in [4.78, 5) is 15.6. The summed E-state index contributed by atoms with van der Waals surface area (Å²) in [7, 11) is 0. The van der Waals surface area contributed by atoms with Gasteiger partial charge in [0.15, 0.2) is 17.5 Å². The lowest BCUT2D eigenvalue weighted by atomic mass is 10.0. The van der Waals surface area contributed by atoms with Crippen molar-refractivity contribution >= 4 is 97.9 Å². The van der Waals surface area contributed by atoms with Crippen molar-refractivity contribution < 1.29 is 4.42 Å². The van der Waals surface area contributed by atoms with E-state index in [1.807, 2.05) is 18.2 Å². The van der Waals surface area contributed by atoms with Crippen molar-refractivity contribution in [3.8, 4) is 45.5 Å². The highest BCUT2D eigenvalue weighted by molar-refractivity contribution is 6.21. The maximum Gasteiger partial charge on any atom is 0.164 e. The van der Waals surface area contributed by atoms with Crippen LogP contribution in [0.3, 0.4) is 0 Å². The zero-order chi connectivity index (χ0) is 45.2. The molecule has 69 heavy (non-hydrogen) atoms. The maximum absolute atomic E-state index is 6.72. The molecule has 0 saturated heterocycles. The van der Waals surface area contributed by atoms with E-state index in [9.17, 15) is 0 Å². The first kappa shape index (κ1) is 37.8. The van der Waals surface area contributed by atoms with E-state index < -0.39 is 0 Å². The quantitative estimate of drug-likeness (QED) is 0.173. The van der Waals surface area contributed by atoms with Crippen LogP contribution in [-0.4, -0.2) is 24.1 Å². The van der Waals surface area contributed by atoms with Crippen LogP contribution in [0.25, 0.3) is 143 Å². The molecule has 0 aliphatic rings. The lowest BCUT2D eigenvalue weighted by molar-refractivity contribution is 0.669. The van der Waals surface area contributed by atoms with E-state index in [0.29, 0.717) is 17.5 Å². The summed E-state index contributed by atoms with van der Waals surface area (Å²) in [5.74, 6) is 1.79. The van der Waals surface area contributed by atoms with Crippen LogP contribution in [0.5, 0.6) is 0 Å². The molecule has 15 rings (SSSR count). The Morgan fingerprint density at radius 2 is 0.884 bits per heavy atom. The van der Waals surface area contributed by atoms with Gasteiger partial charge < -0.3 is 13.6 Å². The number of hydrogen-bond acceptors (Lipinski definition) is 4. The van der Waals surface area contributed by atoms with E-state index in [4.69, 9.17) is 19.4 Å². The van der Waals surface area contributed by atoms with Gasteiger partial charge in [0.2, 0.25) is 0 Å². The molecule has 0 spiro atoms. The summed E-state index contributed by atoms with van der Waals surface area (Å²) in [5.41, 5.74) is 11.1. The summed E-state index contributed by atoms with van der Waals surface area (Å²) in [5, 5.41) is 14.0. The van der Waals surface area contributed by atoms with Crippen molar-refractivity contribution in [2.75, 3.05) is 0 Å². The lowest BCUT2D eigenvalue weighted by Crippen LogP contribution is -2.00. The molecule has 6 heteroatoms. The highest BCUT2D eigenvalue weighted by Crippen LogP contribution is 2.42. The molecule has 0 N–H and O–H groups in total. The third-order valence-corrected chi connectivity index (χ3v) is 14.1. The Hall–Kier alpha value is -9.39. The Kier molecular flexibility index (Phi) is 7.97. The largest absolute Gasteiger partial charge is 0.456 e. The Balaban J connectivity index is 0.891. The van der Waals surface area contributed by atoms with Crippen LogP contribution in [0.15, 0.2) is 229 Å². The van der Waals surface area contributed by atoms with E-state index in [1.165, 1.54) is 43.4 Å². The van der Waals surface area contributed by atoms with Crippen LogP contribution in [0, 0.1) is 0 Å². The zero-order valence-corrected chi connectivity index (χ0v) is 37.0. The Labute approximate surface area is 394 Å². The second-order valence-electron chi connectivity index (χ2n) is 18.0. The fourth-order valence-electron chi connectivity index (χ4n) is 10.9. The highest BCUT2D eigenvalue weighted by atomic mass is 16.3. The minimum absolute atomic E-state index is 0.575. The van der Waals surface area contributed by atoms with Crippen LogP contribution in [0.2, 0.25) is 0 Å². The number of nitrogens with zero attached hydrogens (tertiary/aromatic N) is 5. The highest BCUT2D eigenvalue weighted by Gasteiger charge is 2.21. The van der Waals surface area contributed by atoms with E-state index >= 15 is 0 Å². The third kappa shape index (κ3) is 5.76. The standard InChI is InChI=1S/C63H37N5O/c1-3-14-38(15-4-1)61-64-62(66-63(65-61)50-23-13-25-54-59(50)48-22-11-12-24-53(48)67(54)45-20-5-2-6-21-45)44-26-29-49-58(37-44)69-57-31-27-43-32-46(28-30-47(43)60(49)57)68-55-35-41-18-9-7-16-39(41)33-51(55)52-34-40-17-8-10-19-42(40)36-56(52)68/h1-37H. The molecule has 0 bridgehead atoms. The van der Waals surface area contributed by atoms with Gasteiger partial charge in [-0.2, -0.15) is 0 Å². The smallest absolute Gasteiger partial charge is 0.164 e. The first-order chi connectivity index (χ1) is 34.2. The minimum Gasteiger partial charge on any atom is -0.456 e. The molecule has 0 aliphatic carbocycles. The van der Waals surface area contributed by atoms with Crippen LogP contribution in [0.4, 0.5) is 0 Å². The SMILES string of the molecule is c1ccc(-c2nc(-c3ccc4c(c3)oc3ccc5cc(-n6c7cc8ccccc8cc7c7cc8ccccc8cc76)ccc5c34)nc(-c3cccc4c3c3ccccc3n4-c3ccccc3)n2)cc1. The van der Waals surface area contributed by atoms with Crippen molar-refractivity contribution in [1.82, 2.24) is 24.1 Å². The van der Waals surface area contributed by atoms with Crippen LogP contribution in [0.1, 0.15) is 0 Å². The molecule has 0 radical (unpaired) electrons. The van der Waals surface area contributed by atoms with Gasteiger partial charge in [0.05, 0.1) is 22.1 Å². The Morgan fingerprint density at radius 1 is 0.290 bits per heavy atom. The number of hydrogen-bond donors (Lipinski definition) is 0. The molecule has 11 aromatic carbocycles. The molecule has 0 aliphatic heterocycles. The van der Waals surface area contributed by atoms with Crippen molar-refractivity contribution in [1.29, 1.82) is 0 Å². The summed E-state index contributed by atoms with van der Waals surface area (Å²) in [6.07, 6.45) is 0. The van der Waals surface area contributed by atoms with Gasteiger partial charge in [-0.25, -0.2) is 15.0 Å². The van der Waals surface area contributed by atoms with Crippen molar-refractivity contribution in [2.45, 2.75) is 0 Å². The zero-order valence-electron chi connectivity index (χ0n) is 37.0. The molecular formula is C63H37N5O. The first-order valence-electron chi connectivity index (χ1n) is 23.3. The predicted octanol–water partition coefficient (Wildman–Crippen LogP) is 16.4. The average molecular weight is 880 g/mol. The fourth-order valence-corrected chi connectivity index (χ4v) is 10.9. The monoisotopic (exact) mass is 879 g/mol. The number of aromatic nitrogens is 5. The summed E-state index contributed by atoms with van der Waals surface area (Å²) < 4.78 is 11.5. The molecule has 4 aromatic heterocycles. The third-order valence-electron chi connectivity index (χ3n) is 14.1. The van der Waals surface area contributed by atoms with Crippen molar-refractivity contribution in [3.05, 3.63) is 224 Å². The van der Waals surface area contributed by atoms with Crippen molar-refractivity contribution in [3.63, 3.8) is 0 Å². The van der Waals surface area contributed by atoms with Crippen LogP contribution < -0.4 is 0 Å². The van der Waals surface area contributed by atoms with Gasteiger partial charge in [-0.05, 0) is 111 Å². The van der Waals surface area contributed by atoms with Gasteiger partial charge in [-0.15, -0.1) is 0 Å². The molecule has 0 atom stereocenters. The summed E-state index contributed by atoms with van der Waals surface area (Å²) >= 11 is 0. The summed E-state index contributed by atoms with van der Waals surface area (Å²) in [6, 6.07) is 79.8. The topological polar surface area (TPSA) is 61.7 Å². The van der Waals surface area contributed by atoms with Gasteiger partial charge >= 0.3 is 0 Å². The predicted molar refractivity (Wildman–Crippen MR) is 285 cm³/mol. The van der Waals surface area contributed by atoms with Gasteiger partial charge in [-0.1, -0.05) is 146 Å². The van der Waals surface area contributed by atoms with Crippen LogP contribution >= 0.6 is 0 Å². The Bertz CT molecular complexity index is 4510. The van der Waals surface area contributed by atoms with E-state index in [2.05, 4.69) is 215 Å². The molecule has 6 nitrogen and oxygen atoms in total. The average Bonchev–Trinajstić information content (AvgIpc) is 4.06. The molecular weight excluding hydrogens is 843 g/mol. The second-order valence-corrected chi connectivity index (χ2v) is 18.0. The Morgan fingerprint density at radius 3 is 1.62 bits per heavy atom. The molecule has 0 saturated carbocycles. The molecule has 4 heterocycles. The van der Waals surface area contributed by atoms with E-state index in [0.717, 1.165) is 82.6 Å². The molecule has 0 unspecified atom stereocenters. The van der Waals surface area contributed by atoms with Gasteiger partial charge in [0.25, 0.3) is 0 Å². The number of benzene rings is 11. The number of furan rings is 1. The summed E-state index contributed by atoms with van der Waals surface area (Å²) in [6.45, 7) is 0. The van der Waals surface area contributed by atoms with E-state index in [1.54, 1.807) is 0 Å². The molecule has 0 amide bonds. The fraction of sp³-hybridized carbons (Fsp3) is 0.